The maximum Gasteiger partial charge on any atom is 0.343 e. The summed E-state index contributed by atoms with van der Waals surface area (Å²) in [7, 11) is 0. The number of thioether (sulfide) groups is 1. The van der Waals surface area contributed by atoms with Crippen LogP contribution < -0.4 is 10.2 Å². The topological polar surface area (TPSA) is 93.5 Å². The van der Waals surface area contributed by atoms with E-state index in [1.54, 1.807) is 48.8 Å². The van der Waals surface area contributed by atoms with Crippen LogP contribution in [0.15, 0.2) is 76.8 Å². The van der Waals surface area contributed by atoms with E-state index in [0.717, 1.165) is 18.4 Å². The number of nitrogens with zero attached hydrogens (tertiary/aromatic N) is 3. The molecule has 1 N–H and O–H groups in total. The molecule has 142 valence electrons. The molecule has 28 heavy (non-hydrogen) atoms. The zero-order chi connectivity index (χ0) is 19.6. The highest BCUT2D eigenvalue weighted by Crippen LogP contribution is 2.16. The number of rotatable bonds is 7. The van der Waals surface area contributed by atoms with Crippen LogP contribution >= 0.6 is 11.8 Å². The first-order chi connectivity index (χ1) is 13.7. The summed E-state index contributed by atoms with van der Waals surface area (Å²) in [6.45, 7) is 0. The van der Waals surface area contributed by atoms with Gasteiger partial charge in [-0.1, -0.05) is 30.0 Å². The second kappa shape index (κ2) is 10.2. The fraction of sp³-hybridized carbons (Fsp3) is 0.150. The monoisotopic (exact) mass is 394 g/mol. The van der Waals surface area contributed by atoms with Crippen molar-refractivity contribution in [1.82, 2.24) is 15.4 Å². The first-order valence-corrected chi connectivity index (χ1v) is 9.60. The molecular weight excluding hydrogens is 376 g/mol. The van der Waals surface area contributed by atoms with Gasteiger partial charge in [0, 0.05) is 12.4 Å². The smallest absolute Gasteiger partial charge is 0.343 e. The lowest BCUT2D eigenvalue weighted by Gasteiger charge is -2.07. The van der Waals surface area contributed by atoms with Crippen LogP contribution in [0, 0.1) is 0 Å². The number of nitrogens with one attached hydrogen (secondary N) is 1. The Labute approximate surface area is 166 Å². The van der Waals surface area contributed by atoms with E-state index in [0.29, 0.717) is 16.5 Å². The Morgan fingerprint density at radius 2 is 1.96 bits per heavy atom. The highest BCUT2D eigenvalue weighted by atomic mass is 32.2. The number of carbonyl (C=O) groups is 2. The van der Waals surface area contributed by atoms with Gasteiger partial charge in [-0.2, -0.15) is 5.10 Å². The second-order valence-electron chi connectivity index (χ2n) is 5.71. The average Bonchev–Trinajstić information content (AvgIpc) is 2.75. The van der Waals surface area contributed by atoms with Gasteiger partial charge in [0.05, 0.1) is 17.5 Å². The number of ether oxygens (including phenoxy) is 1. The summed E-state index contributed by atoms with van der Waals surface area (Å²) in [4.78, 5) is 31.9. The van der Waals surface area contributed by atoms with Crippen LogP contribution in [-0.4, -0.2) is 33.8 Å². The number of aromatic nitrogens is 2. The minimum absolute atomic E-state index is 0.167. The van der Waals surface area contributed by atoms with Gasteiger partial charge in [-0.3, -0.25) is 4.79 Å². The third-order valence-electron chi connectivity index (χ3n) is 3.60. The summed E-state index contributed by atoms with van der Waals surface area (Å²) < 4.78 is 5.34. The Hall–Kier alpha value is -3.26. The molecule has 2 aromatic rings. The van der Waals surface area contributed by atoms with E-state index in [1.807, 2.05) is 12.2 Å². The van der Waals surface area contributed by atoms with Crippen LogP contribution in [0.5, 0.6) is 5.75 Å². The molecule has 0 fully saturated rings. The fourth-order valence-electron chi connectivity index (χ4n) is 2.25. The summed E-state index contributed by atoms with van der Waals surface area (Å²) in [5.41, 5.74) is 3.77. The van der Waals surface area contributed by atoms with Crippen molar-refractivity contribution < 1.29 is 14.3 Å². The van der Waals surface area contributed by atoms with Gasteiger partial charge in [-0.05, 0) is 48.7 Å². The summed E-state index contributed by atoms with van der Waals surface area (Å²) >= 11 is 1.23. The number of esters is 1. The Balaban J connectivity index is 1.44. The molecule has 1 aliphatic carbocycles. The maximum atomic E-state index is 12.0. The number of hydrazone groups is 1. The molecule has 1 aromatic heterocycles. The van der Waals surface area contributed by atoms with E-state index >= 15 is 0 Å². The van der Waals surface area contributed by atoms with E-state index in [4.69, 9.17) is 4.74 Å². The van der Waals surface area contributed by atoms with Crippen LogP contribution in [0.4, 0.5) is 0 Å². The molecule has 1 amide bonds. The van der Waals surface area contributed by atoms with Crippen LogP contribution in [0.1, 0.15) is 18.4 Å². The number of amides is 1. The molecule has 7 nitrogen and oxygen atoms in total. The molecule has 0 unspecified atom stereocenters. The van der Waals surface area contributed by atoms with Crippen LogP contribution in [-0.2, 0) is 9.59 Å². The van der Waals surface area contributed by atoms with Gasteiger partial charge in [0.25, 0.3) is 5.91 Å². The third-order valence-corrected chi connectivity index (χ3v) is 4.47. The molecule has 0 atom stereocenters. The number of benzene rings is 1. The van der Waals surface area contributed by atoms with Crippen LogP contribution in [0.25, 0.3) is 0 Å². The lowest BCUT2D eigenvalue weighted by Crippen LogP contribution is -2.19. The van der Waals surface area contributed by atoms with Gasteiger partial charge in [0.1, 0.15) is 5.75 Å². The number of hydrogen-bond acceptors (Lipinski definition) is 7. The van der Waals surface area contributed by atoms with Crippen molar-refractivity contribution >= 4 is 29.9 Å². The SMILES string of the molecule is O=C(CSc1ncccn1)N/N=C/c1ccc(OC(=O)C2=CCCC=C2)cc1. The standard InChI is InChI=1S/C20H18N4O3S/c25-18(14-28-20-21-11-4-12-22-20)24-23-13-15-7-9-17(10-8-15)27-19(26)16-5-2-1-3-6-16/h2,4-13H,1,3,14H2,(H,24,25)/b23-13+. The molecule has 1 aliphatic rings. The Bertz CT molecular complexity index is 909. The Morgan fingerprint density at radius 3 is 2.68 bits per heavy atom. The minimum Gasteiger partial charge on any atom is -0.423 e. The summed E-state index contributed by atoms with van der Waals surface area (Å²) in [5.74, 6) is -0.0107. The number of hydrogen-bond donors (Lipinski definition) is 1. The van der Waals surface area contributed by atoms with E-state index in [-0.39, 0.29) is 17.6 Å². The lowest BCUT2D eigenvalue weighted by molar-refractivity contribution is -0.129. The zero-order valence-electron chi connectivity index (χ0n) is 14.9. The summed E-state index contributed by atoms with van der Waals surface area (Å²) in [6.07, 6.45) is 12.1. The fourth-order valence-corrected chi connectivity index (χ4v) is 2.85. The largest absolute Gasteiger partial charge is 0.423 e. The van der Waals surface area contributed by atoms with Crippen molar-refractivity contribution in [3.63, 3.8) is 0 Å². The molecule has 1 heterocycles. The first kappa shape index (κ1) is 19.5. The quantitative estimate of drug-likeness (QED) is 0.194. The first-order valence-electron chi connectivity index (χ1n) is 8.61. The van der Waals surface area contributed by atoms with Crippen LogP contribution in [0.2, 0.25) is 0 Å². The number of carbonyl (C=O) groups excluding carboxylic acids is 2. The van der Waals surface area contributed by atoms with Crippen molar-refractivity contribution in [2.75, 3.05) is 5.75 Å². The maximum absolute atomic E-state index is 12.0. The van der Waals surface area contributed by atoms with Crippen molar-refractivity contribution in [2.24, 2.45) is 5.10 Å². The van der Waals surface area contributed by atoms with Crippen molar-refractivity contribution in [3.05, 3.63) is 72.1 Å². The van der Waals surface area contributed by atoms with E-state index in [9.17, 15) is 9.59 Å². The van der Waals surface area contributed by atoms with Gasteiger partial charge in [-0.15, -0.1) is 0 Å². The van der Waals surface area contributed by atoms with Crippen molar-refractivity contribution in [3.8, 4) is 5.75 Å². The van der Waals surface area contributed by atoms with Crippen LogP contribution in [0.3, 0.4) is 0 Å². The minimum atomic E-state index is -0.371. The summed E-state index contributed by atoms with van der Waals surface area (Å²) in [5, 5.41) is 4.45. The van der Waals surface area contributed by atoms with E-state index in [2.05, 4.69) is 20.5 Å². The van der Waals surface area contributed by atoms with E-state index < -0.39 is 0 Å². The normalized spacial score (nSPS) is 13.2. The molecule has 0 saturated heterocycles. The second-order valence-corrected chi connectivity index (χ2v) is 6.65. The van der Waals surface area contributed by atoms with Gasteiger partial charge in [-0.25, -0.2) is 20.2 Å². The predicted octanol–water partition coefficient (Wildman–Crippen LogP) is 2.90. The van der Waals surface area contributed by atoms with Gasteiger partial charge in [0.2, 0.25) is 0 Å². The molecule has 0 saturated carbocycles. The lowest BCUT2D eigenvalue weighted by atomic mass is 10.1. The van der Waals surface area contributed by atoms with Gasteiger partial charge < -0.3 is 4.74 Å². The predicted molar refractivity (Wildman–Crippen MR) is 107 cm³/mol. The van der Waals surface area contributed by atoms with Gasteiger partial charge >= 0.3 is 5.97 Å². The molecule has 0 aliphatic heterocycles. The zero-order valence-corrected chi connectivity index (χ0v) is 15.8. The van der Waals surface area contributed by atoms with Gasteiger partial charge in [0.15, 0.2) is 5.16 Å². The highest BCUT2D eigenvalue weighted by molar-refractivity contribution is 7.99. The molecule has 3 rings (SSSR count). The molecular formula is C20H18N4O3S. The third kappa shape index (κ3) is 6.17. The van der Waals surface area contributed by atoms with Crippen molar-refractivity contribution in [2.45, 2.75) is 18.0 Å². The number of allylic oxidation sites excluding steroid dienone is 2. The summed E-state index contributed by atoms with van der Waals surface area (Å²) in [6, 6.07) is 8.56. The van der Waals surface area contributed by atoms with E-state index in [1.165, 1.54) is 18.0 Å². The molecule has 0 spiro atoms. The average molecular weight is 394 g/mol. The Morgan fingerprint density at radius 1 is 1.18 bits per heavy atom. The molecule has 0 bridgehead atoms. The molecule has 8 heteroatoms. The highest BCUT2D eigenvalue weighted by Gasteiger charge is 2.10. The molecule has 0 radical (unpaired) electrons. The Kier molecular flexibility index (Phi) is 7.08. The molecule has 1 aromatic carbocycles. The van der Waals surface area contributed by atoms with Crippen molar-refractivity contribution in [1.29, 1.82) is 0 Å².